The zero-order valence-electron chi connectivity index (χ0n) is 15.4. The van der Waals surface area contributed by atoms with E-state index in [1.165, 1.54) is 19.6 Å². The molecule has 0 aromatic carbocycles. The fraction of sp³-hybridized carbons (Fsp3) is 1.00. The van der Waals surface area contributed by atoms with E-state index < -0.39 is 17.4 Å². The summed E-state index contributed by atoms with van der Waals surface area (Å²) < 4.78 is 11.3. The van der Waals surface area contributed by atoms with Gasteiger partial charge in [-0.3, -0.25) is 4.90 Å². The number of rotatable bonds is 6. The van der Waals surface area contributed by atoms with Gasteiger partial charge in [-0.2, -0.15) is 0 Å². The second-order valence-corrected chi connectivity index (χ2v) is 14.6. The Morgan fingerprint density at radius 2 is 1.71 bits per heavy atom. The van der Waals surface area contributed by atoms with Gasteiger partial charge in [0.1, 0.15) is 0 Å². The third kappa shape index (κ3) is 5.44. The molecule has 1 rings (SSSR count). The van der Waals surface area contributed by atoms with Crippen LogP contribution in [0.1, 0.15) is 20.8 Å². The zero-order chi connectivity index (χ0) is 16.3. The van der Waals surface area contributed by atoms with Gasteiger partial charge < -0.3 is 13.8 Å². The Morgan fingerprint density at radius 3 is 2.14 bits per heavy atom. The molecule has 126 valence electrons. The zero-order valence-corrected chi connectivity index (χ0v) is 17.6. The van der Waals surface area contributed by atoms with Crippen molar-refractivity contribution >= 4 is 17.4 Å². The van der Waals surface area contributed by atoms with Crippen LogP contribution in [0, 0.1) is 0 Å². The van der Waals surface area contributed by atoms with E-state index in [1.807, 2.05) is 0 Å². The molecular weight excluding hydrogens is 296 g/mol. The molecule has 0 amide bonds. The van der Waals surface area contributed by atoms with Gasteiger partial charge in [0.25, 0.3) is 0 Å². The highest BCUT2D eigenvalue weighted by Crippen LogP contribution is 2.22. The van der Waals surface area contributed by atoms with Crippen molar-refractivity contribution in [3.8, 4) is 0 Å². The summed E-state index contributed by atoms with van der Waals surface area (Å²) >= 11 is 0. The van der Waals surface area contributed by atoms with Gasteiger partial charge in [0.15, 0.2) is 0 Å². The largest absolute Gasteiger partial charge is 0.398 e. The molecule has 0 aliphatic carbocycles. The monoisotopic (exact) mass is 332 g/mol. The van der Waals surface area contributed by atoms with Crippen molar-refractivity contribution in [3.05, 3.63) is 0 Å². The first kappa shape index (κ1) is 19.3. The van der Waals surface area contributed by atoms with Gasteiger partial charge in [-0.1, -0.05) is 13.1 Å². The average Bonchev–Trinajstić information content (AvgIpc) is 2.43. The summed E-state index contributed by atoms with van der Waals surface area (Å²) in [5.74, 6) is 0. The molecule has 0 bridgehead atoms. The summed E-state index contributed by atoms with van der Waals surface area (Å²) in [7, 11) is 0.943. The fourth-order valence-corrected chi connectivity index (χ4v) is 6.09. The first-order chi connectivity index (χ1) is 9.63. The summed E-state index contributed by atoms with van der Waals surface area (Å²) in [6, 6.07) is 1.06. The Kier molecular flexibility index (Phi) is 7.08. The van der Waals surface area contributed by atoms with Crippen molar-refractivity contribution in [2.45, 2.75) is 57.7 Å². The first-order valence-corrected chi connectivity index (χ1v) is 13.7. The van der Waals surface area contributed by atoms with Gasteiger partial charge >= 0.3 is 8.56 Å². The number of hydrogen-bond acceptors (Lipinski definition) is 4. The maximum Gasteiger partial charge on any atom is 0.335 e. The van der Waals surface area contributed by atoms with E-state index in [9.17, 15) is 0 Å². The minimum absolute atomic E-state index is 0.288. The van der Waals surface area contributed by atoms with E-state index in [0.717, 1.165) is 18.3 Å². The van der Waals surface area contributed by atoms with E-state index in [0.29, 0.717) is 0 Å². The Morgan fingerprint density at radius 1 is 1.14 bits per heavy atom. The van der Waals surface area contributed by atoms with Gasteiger partial charge in [-0.05, 0) is 27.3 Å². The molecule has 1 saturated heterocycles. The standard InChI is InChI=1S/C15H36N2O2Si2/c1-15(2,3)17-10-9-16(14(13-17)20(6)7)11-12-21(8,18-4)19-5/h14,20H,9-13H2,1-8H3. The third-order valence-electron chi connectivity index (χ3n) is 4.97. The Bertz CT molecular complexity index is 317. The van der Waals surface area contributed by atoms with Crippen LogP contribution in [-0.4, -0.2) is 78.8 Å². The van der Waals surface area contributed by atoms with Crippen LogP contribution in [0.2, 0.25) is 25.7 Å². The molecule has 0 radical (unpaired) electrons. The van der Waals surface area contributed by atoms with Gasteiger partial charge in [0, 0.05) is 57.6 Å². The summed E-state index contributed by atoms with van der Waals surface area (Å²) in [5, 5.41) is 0. The van der Waals surface area contributed by atoms with Crippen LogP contribution in [0.15, 0.2) is 0 Å². The molecule has 0 aromatic rings. The van der Waals surface area contributed by atoms with Crippen molar-refractivity contribution in [3.63, 3.8) is 0 Å². The summed E-state index contributed by atoms with van der Waals surface area (Å²) in [6.45, 7) is 18.8. The molecule has 21 heavy (non-hydrogen) atoms. The minimum atomic E-state index is -1.94. The highest BCUT2D eigenvalue weighted by molar-refractivity contribution is 6.66. The highest BCUT2D eigenvalue weighted by Gasteiger charge is 2.36. The van der Waals surface area contributed by atoms with Crippen molar-refractivity contribution < 1.29 is 8.85 Å². The summed E-state index contributed by atoms with van der Waals surface area (Å²) in [4.78, 5) is 5.37. The van der Waals surface area contributed by atoms with Crippen LogP contribution in [-0.2, 0) is 8.85 Å². The molecule has 0 spiro atoms. The lowest BCUT2D eigenvalue weighted by Gasteiger charge is -2.48. The maximum atomic E-state index is 5.64. The van der Waals surface area contributed by atoms with Crippen LogP contribution >= 0.6 is 0 Å². The Hall–Kier alpha value is 0.274. The van der Waals surface area contributed by atoms with Gasteiger partial charge in [0.2, 0.25) is 0 Å². The van der Waals surface area contributed by atoms with Crippen LogP contribution in [0.5, 0.6) is 0 Å². The summed E-state index contributed by atoms with van der Waals surface area (Å²) in [6.07, 6.45) is 0. The molecule has 0 aromatic heterocycles. The van der Waals surface area contributed by atoms with Crippen molar-refractivity contribution in [2.75, 3.05) is 40.4 Å². The molecule has 6 heteroatoms. The van der Waals surface area contributed by atoms with Crippen LogP contribution in [0.3, 0.4) is 0 Å². The predicted octanol–water partition coefficient (Wildman–Crippen LogP) is 2.16. The molecule has 1 fully saturated rings. The smallest absolute Gasteiger partial charge is 0.335 e. The molecule has 0 N–H and O–H groups in total. The molecule has 1 heterocycles. The topological polar surface area (TPSA) is 24.9 Å². The van der Waals surface area contributed by atoms with Gasteiger partial charge in [0.05, 0.1) is 8.80 Å². The van der Waals surface area contributed by atoms with E-state index in [4.69, 9.17) is 8.85 Å². The Balaban J connectivity index is 2.66. The predicted molar refractivity (Wildman–Crippen MR) is 96.0 cm³/mol. The molecule has 1 unspecified atom stereocenters. The average molecular weight is 333 g/mol. The van der Waals surface area contributed by atoms with Crippen LogP contribution in [0.25, 0.3) is 0 Å². The molecule has 1 atom stereocenters. The number of piperazine rings is 1. The lowest BCUT2D eigenvalue weighted by Crippen LogP contribution is -2.62. The van der Waals surface area contributed by atoms with E-state index in [2.05, 4.69) is 50.2 Å². The molecular formula is C15H36N2O2Si2. The Labute approximate surface area is 134 Å². The van der Waals surface area contributed by atoms with Crippen molar-refractivity contribution in [2.24, 2.45) is 0 Å². The maximum absolute atomic E-state index is 5.64. The lowest BCUT2D eigenvalue weighted by molar-refractivity contribution is 0.0477. The summed E-state index contributed by atoms with van der Waals surface area (Å²) in [5.41, 5.74) is 1.06. The van der Waals surface area contributed by atoms with E-state index in [1.54, 1.807) is 14.2 Å². The highest BCUT2D eigenvalue weighted by atomic mass is 28.4. The SMILES string of the molecule is CO[Si](C)(CCN1CCN(C(C)(C)C)CC1[SiH](C)C)OC. The molecule has 0 saturated carbocycles. The van der Waals surface area contributed by atoms with Gasteiger partial charge in [-0.15, -0.1) is 0 Å². The first-order valence-electron chi connectivity index (χ1n) is 8.22. The normalized spacial score (nSPS) is 23.0. The second kappa shape index (κ2) is 7.70. The minimum Gasteiger partial charge on any atom is -0.398 e. The molecule has 4 nitrogen and oxygen atoms in total. The van der Waals surface area contributed by atoms with Crippen molar-refractivity contribution in [1.82, 2.24) is 9.80 Å². The lowest BCUT2D eigenvalue weighted by atomic mass is 10.0. The molecule has 1 aliphatic rings. The van der Waals surface area contributed by atoms with Crippen molar-refractivity contribution in [1.29, 1.82) is 0 Å². The van der Waals surface area contributed by atoms with E-state index >= 15 is 0 Å². The van der Waals surface area contributed by atoms with Gasteiger partial charge in [-0.25, -0.2) is 0 Å². The fourth-order valence-electron chi connectivity index (χ4n) is 3.00. The molecule has 1 aliphatic heterocycles. The number of nitrogens with zero attached hydrogens (tertiary/aromatic N) is 2. The quantitative estimate of drug-likeness (QED) is 0.696. The van der Waals surface area contributed by atoms with E-state index in [-0.39, 0.29) is 5.54 Å². The third-order valence-corrected chi connectivity index (χ3v) is 10.00. The number of hydrogen-bond donors (Lipinski definition) is 0. The van der Waals surface area contributed by atoms with Crippen LogP contribution in [0.4, 0.5) is 0 Å². The van der Waals surface area contributed by atoms with Crippen LogP contribution < -0.4 is 0 Å². The second-order valence-electron chi connectivity index (χ2n) is 7.76.